The van der Waals surface area contributed by atoms with Gasteiger partial charge in [-0.15, -0.1) is 0 Å². The topological polar surface area (TPSA) is 52.6 Å². The summed E-state index contributed by atoms with van der Waals surface area (Å²) in [5, 5.41) is 12.0. The molecule has 1 aliphatic carbocycles. The number of amides is 2. The Bertz CT molecular complexity index is 440. The highest BCUT2D eigenvalue weighted by Crippen LogP contribution is 2.26. The summed E-state index contributed by atoms with van der Waals surface area (Å²) in [5.41, 5.74) is 2.48. The minimum Gasteiger partial charge on any atom is -0.395 e. The molecule has 2 amide bonds. The molecular weight excluding hydrogens is 252 g/mol. The lowest BCUT2D eigenvalue weighted by atomic mass is 10.0. The van der Waals surface area contributed by atoms with E-state index in [0.29, 0.717) is 19.1 Å². The third-order valence-corrected chi connectivity index (χ3v) is 3.80. The number of aliphatic hydroxyl groups excluding tert-OH is 1. The first kappa shape index (κ1) is 14.9. The molecule has 1 atom stereocenters. The predicted molar refractivity (Wildman–Crippen MR) is 79.8 cm³/mol. The molecule has 2 N–H and O–H groups in total. The van der Waals surface area contributed by atoms with Crippen LogP contribution >= 0.6 is 0 Å². The normalized spacial score (nSPS) is 15.8. The van der Waals surface area contributed by atoms with Crippen molar-refractivity contribution in [1.29, 1.82) is 0 Å². The Kier molecular flexibility index (Phi) is 5.01. The zero-order valence-electron chi connectivity index (χ0n) is 12.3. The molecule has 0 aromatic heterocycles. The van der Waals surface area contributed by atoms with E-state index in [0.717, 1.165) is 12.8 Å². The maximum Gasteiger partial charge on any atom is 0.317 e. The number of aliphatic hydroxyl groups is 1. The molecule has 110 valence electrons. The van der Waals surface area contributed by atoms with Gasteiger partial charge in [-0.3, -0.25) is 0 Å². The van der Waals surface area contributed by atoms with Gasteiger partial charge in [0.15, 0.2) is 0 Å². The fourth-order valence-corrected chi connectivity index (χ4v) is 2.30. The highest BCUT2D eigenvalue weighted by Gasteiger charge is 2.32. The molecule has 0 saturated heterocycles. The Labute approximate surface area is 120 Å². The van der Waals surface area contributed by atoms with E-state index in [1.54, 1.807) is 4.90 Å². The van der Waals surface area contributed by atoms with Crippen molar-refractivity contribution in [3.05, 3.63) is 35.4 Å². The van der Waals surface area contributed by atoms with Gasteiger partial charge in [0.1, 0.15) is 0 Å². The van der Waals surface area contributed by atoms with Crippen LogP contribution in [-0.2, 0) is 0 Å². The van der Waals surface area contributed by atoms with E-state index in [2.05, 4.69) is 43.4 Å². The molecule has 20 heavy (non-hydrogen) atoms. The van der Waals surface area contributed by atoms with Crippen molar-refractivity contribution in [1.82, 2.24) is 10.2 Å². The van der Waals surface area contributed by atoms with Crippen LogP contribution in [0.3, 0.4) is 0 Å². The molecule has 1 aromatic rings. The second-order valence-corrected chi connectivity index (χ2v) is 5.65. The van der Waals surface area contributed by atoms with Gasteiger partial charge in [-0.1, -0.05) is 36.8 Å². The summed E-state index contributed by atoms with van der Waals surface area (Å²) < 4.78 is 0. The largest absolute Gasteiger partial charge is 0.395 e. The summed E-state index contributed by atoms with van der Waals surface area (Å²) in [6, 6.07) is 8.68. The molecule has 0 spiro atoms. The van der Waals surface area contributed by atoms with Gasteiger partial charge in [-0.05, 0) is 31.2 Å². The van der Waals surface area contributed by atoms with E-state index in [1.165, 1.54) is 11.1 Å². The van der Waals surface area contributed by atoms with Crippen LogP contribution in [-0.4, -0.2) is 41.8 Å². The van der Waals surface area contributed by atoms with Gasteiger partial charge in [-0.2, -0.15) is 0 Å². The molecule has 4 heteroatoms. The number of rotatable bonds is 6. The summed E-state index contributed by atoms with van der Waals surface area (Å²) >= 11 is 0. The van der Waals surface area contributed by atoms with Gasteiger partial charge in [0.25, 0.3) is 0 Å². The zero-order chi connectivity index (χ0) is 14.5. The number of hydrogen-bond donors (Lipinski definition) is 2. The van der Waals surface area contributed by atoms with Gasteiger partial charge in [0.2, 0.25) is 0 Å². The van der Waals surface area contributed by atoms with E-state index >= 15 is 0 Å². The Hall–Kier alpha value is -1.55. The van der Waals surface area contributed by atoms with Gasteiger partial charge in [0.05, 0.1) is 6.61 Å². The van der Waals surface area contributed by atoms with E-state index in [9.17, 15) is 4.79 Å². The van der Waals surface area contributed by atoms with Crippen LogP contribution < -0.4 is 5.32 Å². The Morgan fingerprint density at radius 1 is 1.40 bits per heavy atom. The quantitative estimate of drug-likeness (QED) is 0.837. The van der Waals surface area contributed by atoms with Crippen molar-refractivity contribution < 1.29 is 9.90 Å². The van der Waals surface area contributed by atoms with E-state index < -0.39 is 0 Å². The number of benzene rings is 1. The lowest BCUT2D eigenvalue weighted by Crippen LogP contribution is -2.43. The van der Waals surface area contributed by atoms with Crippen LogP contribution in [0.15, 0.2) is 24.3 Å². The monoisotopic (exact) mass is 276 g/mol. The molecule has 0 heterocycles. The number of hydrogen-bond acceptors (Lipinski definition) is 2. The number of carbonyl (C=O) groups excluding carboxylic acids is 1. The third kappa shape index (κ3) is 3.97. The van der Waals surface area contributed by atoms with E-state index in [-0.39, 0.29) is 18.6 Å². The van der Waals surface area contributed by atoms with Crippen molar-refractivity contribution >= 4 is 6.03 Å². The van der Waals surface area contributed by atoms with Crippen molar-refractivity contribution in [2.75, 3.05) is 19.7 Å². The fraction of sp³-hybridized carbons (Fsp3) is 0.562. The average molecular weight is 276 g/mol. The first-order chi connectivity index (χ1) is 9.61. The molecule has 1 aliphatic rings. The lowest BCUT2D eigenvalue weighted by Gasteiger charge is -2.23. The molecule has 0 bridgehead atoms. The molecule has 4 nitrogen and oxygen atoms in total. The molecule has 0 aliphatic heterocycles. The first-order valence-electron chi connectivity index (χ1n) is 7.33. The number of nitrogens with zero attached hydrogens (tertiary/aromatic N) is 1. The minimum absolute atomic E-state index is 0.0252. The molecule has 2 rings (SSSR count). The van der Waals surface area contributed by atoms with Crippen LogP contribution in [0.25, 0.3) is 0 Å². The molecule has 1 aromatic carbocycles. The second-order valence-electron chi connectivity index (χ2n) is 5.65. The van der Waals surface area contributed by atoms with Crippen molar-refractivity contribution in [3.8, 4) is 0 Å². The number of nitrogens with one attached hydrogen (secondary N) is 1. The summed E-state index contributed by atoms with van der Waals surface area (Å²) in [7, 11) is 0. The summed E-state index contributed by atoms with van der Waals surface area (Å²) in [4.78, 5) is 13.9. The maximum atomic E-state index is 12.1. The number of aryl methyl sites for hydroxylation is 1. The van der Waals surface area contributed by atoms with E-state index in [4.69, 9.17) is 5.11 Å². The van der Waals surface area contributed by atoms with Gasteiger partial charge in [0, 0.05) is 19.1 Å². The SMILES string of the molecule is Cc1ccc(C(C)CNC(=O)N(CCO)C2CC2)cc1. The molecule has 1 unspecified atom stereocenters. The van der Waals surface area contributed by atoms with Crippen molar-refractivity contribution in [2.45, 2.75) is 38.6 Å². The zero-order valence-corrected chi connectivity index (χ0v) is 12.3. The number of urea groups is 1. The molecule has 1 saturated carbocycles. The Morgan fingerprint density at radius 2 is 2.05 bits per heavy atom. The molecular formula is C16H24N2O2. The maximum absolute atomic E-state index is 12.1. The summed E-state index contributed by atoms with van der Waals surface area (Å²) in [6.07, 6.45) is 2.11. The third-order valence-electron chi connectivity index (χ3n) is 3.80. The van der Waals surface area contributed by atoms with Crippen LogP contribution in [0.4, 0.5) is 4.79 Å². The average Bonchev–Trinajstić information content (AvgIpc) is 3.27. The Balaban J connectivity index is 1.84. The van der Waals surface area contributed by atoms with Crippen molar-refractivity contribution in [3.63, 3.8) is 0 Å². The summed E-state index contributed by atoms with van der Waals surface area (Å²) in [6.45, 7) is 5.25. The smallest absolute Gasteiger partial charge is 0.317 e. The highest BCUT2D eigenvalue weighted by atomic mass is 16.3. The first-order valence-corrected chi connectivity index (χ1v) is 7.33. The van der Waals surface area contributed by atoms with Gasteiger partial charge >= 0.3 is 6.03 Å². The lowest BCUT2D eigenvalue weighted by molar-refractivity contribution is 0.173. The van der Waals surface area contributed by atoms with Crippen molar-refractivity contribution in [2.24, 2.45) is 0 Å². The fourth-order valence-electron chi connectivity index (χ4n) is 2.30. The van der Waals surface area contributed by atoms with Crippen LogP contribution in [0, 0.1) is 6.92 Å². The van der Waals surface area contributed by atoms with Crippen LogP contribution in [0.2, 0.25) is 0 Å². The summed E-state index contributed by atoms with van der Waals surface area (Å²) in [5.74, 6) is 0.287. The minimum atomic E-state index is -0.0551. The van der Waals surface area contributed by atoms with E-state index in [1.807, 2.05) is 0 Å². The Morgan fingerprint density at radius 3 is 2.60 bits per heavy atom. The predicted octanol–water partition coefficient (Wildman–Crippen LogP) is 2.26. The van der Waals surface area contributed by atoms with Gasteiger partial charge < -0.3 is 15.3 Å². The van der Waals surface area contributed by atoms with Crippen LogP contribution in [0.1, 0.15) is 36.8 Å². The second kappa shape index (κ2) is 6.75. The standard InChI is InChI=1S/C16H24N2O2/c1-12-3-5-14(6-4-12)13(2)11-17-16(20)18(9-10-19)15-7-8-15/h3-6,13,15,19H,7-11H2,1-2H3,(H,17,20). The molecule has 0 radical (unpaired) electrons. The van der Waals surface area contributed by atoms with Crippen LogP contribution in [0.5, 0.6) is 0 Å². The number of carbonyl (C=O) groups is 1. The highest BCUT2D eigenvalue weighted by molar-refractivity contribution is 5.75. The molecule has 1 fully saturated rings. The van der Waals surface area contributed by atoms with Gasteiger partial charge in [-0.25, -0.2) is 4.79 Å².